The maximum absolute atomic E-state index is 12.1. The van der Waals surface area contributed by atoms with E-state index in [0.717, 1.165) is 21.4 Å². The second kappa shape index (κ2) is 6.37. The van der Waals surface area contributed by atoms with E-state index in [2.05, 4.69) is 31.2 Å². The van der Waals surface area contributed by atoms with Crippen molar-refractivity contribution in [2.24, 2.45) is 0 Å². The van der Waals surface area contributed by atoms with E-state index in [4.69, 9.17) is 0 Å². The number of aryl methyl sites for hydroxylation is 1. The third-order valence-corrected chi connectivity index (χ3v) is 4.27. The predicted molar refractivity (Wildman–Crippen MR) is 92.2 cm³/mol. The first-order chi connectivity index (χ1) is 10.6. The summed E-state index contributed by atoms with van der Waals surface area (Å²) in [6.45, 7) is 1.85. The third-order valence-electron chi connectivity index (χ3n) is 2.99. The highest BCUT2D eigenvalue weighted by atomic mass is 79.9. The van der Waals surface area contributed by atoms with Crippen LogP contribution < -0.4 is 5.32 Å². The molecule has 2 heterocycles. The fourth-order valence-electron chi connectivity index (χ4n) is 1.92. The van der Waals surface area contributed by atoms with Crippen molar-refractivity contribution in [1.82, 2.24) is 9.97 Å². The normalized spacial score (nSPS) is 10.5. The molecule has 0 aliphatic heterocycles. The molecule has 0 saturated carbocycles. The SMILES string of the molecule is Cc1cccc(C(=O)Nc2nc(-c3ccc(Br)cc3)cs2)n1. The van der Waals surface area contributed by atoms with Gasteiger partial charge >= 0.3 is 0 Å². The van der Waals surface area contributed by atoms with Gasteiger partial charge in [-0.05, 0) is 31.2 Å². The molecule has 1 aromatic carbocycles. The van der Waals surface area contributed by atoms with Gasteiger partial charge in [0.25, 0.3) is 5.91 Å². The molecule has 0 fully saturated rings. The Balaban J connectivity index is 1.77. The van der Waals surface area contributed by atoms with Crippen LogP contribution in [0.3, 0.4) is 0 Å². The number of benzene rings is 1. The molecule has 3 aromatic rings. The van der Waals surface area contributed by atoms with Crippen LogP contribution in [0.4, 0.5) is 5.13 Å². The van der Waals surface area contributed by atoms with E-state index < -0.39 is 0 Å². The minimum absolute atomic E-state index is 0.250. The van der Waals surface area contributed by atoms with Gasteiger partial charge in [-0.15, -0.1) is 11.3 Å². The molecular weight excluding hydrogens is 362 g/mol. The number of amides is 1. The molecule has 0 radical (unpaired) electrons. The number of carbonyl (C=O) groups excluding carboxylic acids is 1. The van der Waals surface area contributed by atoms with E-state index in [1.165, 1.54) is 11.3 Å². The first-order valence-electron chi connectivity index (χ1n) is 6.58. The number of hydrogen-bond donors (Lipinski definition) is 1. The molecule has 0 aliphatic carbocycles. The highest BCUT2D eigenvalue weighted by Crippen LogP contribution is 2.26. The lowest BCUT2D eigenvalue weighted by Gasteiger charge is -2.01. The number of nitrogens with zero attached hydrogens (tertiary/aromatic N) is 2. The Hall–Kier alpha value is -2.05. The standard InChI is InChI=1S/C16H12BrN3OS/c1-10-3-2-4-13(18-10)15(21)20-16-19-14(9-22-16)11-5-7-12(17)8-6-11/h2-9H,1H3,(H,19,20,21). The molecule has 2 aromatic heterocycles. The van der Waals surface area contributed by atoms with Gasteiger partial charge in [-0.1, -0.05) is 34.1 Å². The van der Waals surface area contributed by atoms with Crippen molar-refractivity contribution in [2.45, 2.75) is 6.92 Å². The Morgan fingerprint density at radius 2 is 1.91 bits per heavy atom. The molecule has 110 valence electrons. The van der Waals surface area contributed by atoms with Crippen molar-refractivity contribution >= 4 is 38.3 Å². The molecule has 3 rings (SSSR count). The van der Waals surface area contributed by atoms with Crippen LogP contribution in [0, 0.1) is 6.92 Å². The van der Waals surface area contributed by atoms with Crippen LogP contribution in [-0.2, 0) is 0 Å². The molecule has 0 saturated heterocycles. The molecule has 22 heavy (non-hydrogen) atoms. The lowest BCUT2D eigenvalue weighted by atomic mass is 10.2. The van der Waals surface area contributed by atoms with Crippen molar-refractivity contribution in [3.63, 3.8) is 0 Å². The summed E-state index contributed by atoms with van der Waals surface area (Å²) in [4.78, 5) is 20.8. The van der Waals surface area contributed by atoms with Gasteiger partial charge in [0.15, 0.2) is 5.13 Å². The fraction of sp³-hybridized carbons (Fsp3) is 0.0625. The van der Waals surface area contributed by atoms with Gasteiger partial charge in [0.05, 0.1) is 5.69 Å². The molecule has 0 unspecified atom stereocenters. The van der Waals surface area contributed by atoms with Gasteiger partial charge in [-0.3, -0.25) is 10.1 Å². The van der Waals surface area contributed by atoms with E-state index in [1.54, 1.807) is 6.07 Å². The summed E-state index contributed by atoms with van der Waals surface area (Å²) in [5.74, 6) is -0.250. The quantitative estimate of drug-likeness (QED) is 0.733. The van der Waals surface area contributed by atoms with Crippen molar-refractivity contribution in [3.05, 3.63) is 63.7 Å². The first kappa shape index (κ1) is 14.9. The zero-order valence-corrected chi connectivity index (χ0v) is 14.1. The Morgan fingerprint density at radius 3 is 2.64 bits per heavy atom. The summed E-state index contributed by atoms with van der Waals surface area (Å²) in [7, 11) is 0. The number of nitrogens with one attached hydrogen (secondary N) is 1. The van der Waals surface area contributed by atoms with Crippen LogP contribution in [0.2, 0.25) is 0 Å². The van der Waals surface area contributed by atoms with E-state index in [1.807, 2.05) is 48.7 Å². The van der Waals surface area contributed by atoms with Crippen molar-refractivity contribution in [3.8, 4) is 11.3 Å². The molecule has 0 aliphatic rings. The van der Waals surface area contributed by atoms with Crippen LogP contribution in [-0.4, -0.2) is 15.9 Å². The minimum atomic E-state index is -0.250. The van der Waals surface area contributed by atoms with Gasteiger partial charge in [0, 0.05) is 21.1 Å². The molecule has 0 bridgehead atoms. The number of aromatic nitrogens is 2. The summed E-state index contributed by atoms with van der Waals surface area (Å²) >= 11 is 4.80. The number of halogens is 1. The molecule has 0 spiro atoms. The highest BCUT2D eigenvalue weighted by Gasteiger charge is 2.11. The van der Waals surface area contributed by atoms with Gasteiger partial charge in [-0.25, -0.2) is 9.97 Å². The van der Waals surface area contributed by atoms with Crippen LogP contribution >= 0.6 is 27.3 Å². The Bertz CT molecular complexity index is 814. The van der Waals surface area contributed by atoms with Gasteiger partial charge < -0.3 is 0 Å². The van der Waals surface area contributed by atoms with Crippen molar-refractivity contribution in [1.29, 1.82) is 0 Å². The number of anilines is 1. The second-order valence-electron chi connectivity index (χ2n) is 4.66. The summed E-state index contributed by atoms with van der Waals surface area (Å²) < 4.78 is 1.02. The highest BCUT2D eigenvalue weighted by molar-refractivity contribution is 9.10. The number of pyridine rings is 1. The van der Waals surface area contributed by atoms with Crippen molar-refractivity contribution < 1.29 is 4.79 Å². The Labute approximate surface area is 140 Å². The second-order valence-corrected chi connectivity index (χ2v) is 6.44. The largest absolute Gasteiger partial charge is 0.296 e. The maximum atomic E-state index is 12.1. The van der Waals surface area contributed by atoms with E-state index in [0.29, 0.717) is 10.8 Å². The van der Waals surface area contributed by atoms with Gasteiger partial charge in [-0.2, -0.15) is 0 Å². The molecular formula is C16H12BrN3OS. The average Bonchev–Trinajstić information content (AvgIpc) is 2.96. The van der Waals surface area contributed by atoms with Crippen LogP contribution in [0.1, 0.15) is 16.2 Å². The van der Waals surface area contributed by atoms with Gasteiger partial charge in [0.1, 0.15) is 5.69 Å². The van der Waals surface area contributed by atoms with E-state index in [-0.39, 0.29) is 5.91 Å². The molecule has 1 amide bonds. The fourth-order valence-corrected chi connectivity index (χ4v) is 2.89. The monoisotopic (exact) mass is 373 g/mol. The van der Waals surface area contributed by atoms with E-state index in [9.17, 15) is 4.79 Å². The van der Waals surface area contributed by atoms with Gasteiger partial charge in [0.2, 0.25) is 0 Å². The molecule has 1 N–H and O–H groups in total. The zero-order chi connectivity index (χ0) is 15.5. The Kier molecular flexibility index (Phi) is 4.31. The number of rotatable bonds is 3. The van der Waals surface area contributed by atoms with Crippen LogP contribution in [0.5, 0.6) is 0 Å². The summed E-state index contributed by atoms with van der Waals surface area (Å²) in [6.07, 6.45) is 0. The van der Waals surface area contributed by atoms with Crippen LogP contribution in [0.25, 0.3) is 11.3 Å². The summed E-state index contributed by atoms with van der Waals surface area (Å²) in [5, 5.41) is 5.26. The lowest BCUT2D eigenvalue weighted by molar-refractivity contribution is 0.102. The lowest BCUT2D eigenvalue weighted by Crippen LogP contribution is -2.13. The number of thiazole rings is 1. The predicted octanol–water partition coefficient (Wildman–Crippen LogP) is 4.53. The summed E-state index contributed by atoms with van der Waals surface area (Å²) in [5.41, 5.74) is 3.04. The minimum Gasteiger partial charge on any atom is -0.296 e. The van der Waals surface area contributed by atoms with E-state index >= 15 is 0 Å². The first-order valence-corrected chi connectivity index (χ1v) is 8.25. The molecule has 6 heteroatoms. The average molecular weight is 374 g/mol. The van der Waals surface area contributed by atoms with Crippen LogP contribution in [0.15, 0.2) is 52.3 Å². The smallest absolute Gasteiger partial charge is 0.276 e. The van der Waals surface area contributed by atoms with Crippen molar-refractivity contribution in [2.75, 3.05) is 5.32 Å². The topological polar surface area (TPSA) is 54.9 Å². The number of hydrogen-bond acceptors (Lipinski definition) is 4. The summed E-state index contributed by atoms with van der Waals surface area (Å²) in [6, 6.07) is 13.2. The molecule has 4 nitrogen and oxygen atoms in total. The zero-order valence-electron chi connectivity index (χ0n) is 11.7. The number of carbonyl (C=O) groups is 1. The third kappa shape index (κ3) is 3.40. The maximum Gasteiger partial charge on any atom is 0.276 e. The Morgan fingerprint density at radius 1 is 1.14 bits per heavy atom. The molecule has 0 atom stereocenters.